The third-order valence-electron chi connectivity index (χ3n) is 3.67. The van der Waals surface area contributed by atoms with Crippen LogP contribution in [0.1, 0.15) is 22.8 Å². The minimum Gasteiger partial charge on any atom is -0.468 e. The first-order chi connectivity index (χ1) is 13.4. The number of H-pyrrole nitrogens is 1. The van der Waals surface area contributed by atoms with Crippen molar-refractivity contribution in [2.45, 2.75) is 19.6 Å². The molecule has 28 heavy (non-hydrogen) atoms. The van der Waals surface area contributed by atoms with Gasteiger partial charge in [0.2, 0.25) is 5.88 Å². The number of nitrogens with zero attached hydrogens (tertiary/aromatic N) is 2. The molecule has 148 valence electrons. The largest absolute Gasteiger partial charge is 0.468 e. The Hall–Kier alpha value is -3.30. The quantitative estimate of drug-likeness (QED) is 0.642. The maximum atomic E-state index is 12.4. The van der Waals surface area contributed by atoms with E-state index in [-0.39, 0.29) is 12.4 Å². The summed E-state index contributed by atoms with van der Waals surface area (Å²) in [5.41, 5.74) is 1.98. The summed E-state index contributed by atoms with van der Waals surface area (Å²) in [6.07, 6.45) is -3.16. The fraction of sp³-hybridized carbons (Fsp3) is 0.278. The average molecular weight is 394 g/mol. The first-order valence-electron chi connectivity index (χ1n) is 8.40. The molecule has 0 fully saturated rings. The molecule has 0 atom stereocenters. The molecule has 2 aromatic heterocycles. The number of rotatable bonds is 7. The highest BCUT2D eigenvalue weighted by molar-refractivity contribution is 5.97. The van der Waals surface area contributed by atoms with E-state index in [1.165, 1.54) is 12.3 Å². The van der Waals surface area contributed by atoms with E-state index < -0.39 is 18.7 Å². The highest BCUT2D eigenvalue weighted by Crippen LogP contribution is 2.21. The SMILES string of the molecule is CCOc1nc2ccc(C(=O)NCc3cccnc3OCC(F)(F)F)cc2[nH]1. The van der Waals surface area contributed by atoms with E-state index in [0.717, 1.165) is 0 Å². The smallest absolute Gasteiger partial charge is 0.422 e. The van der Waals surface area contributed by atoms with E-state index in [0.29, 0.717) is 34.8 Å². The third-order valence-corrected chi connectivity index (χ3v) is 3.67. The van der Waals surface area contributed by atoms with Crippen molar-refractivity contribution in [1.29, 1.82) is 0 Å². The zero-order chi connectivity index (χ0) is 20.1. The van der Waals surface area contributed by atoms with Crippen LogP contribution in [0.5, 0.6) is 11.9 Å². The molecule has 0 saturated carbocycles. The Kier molecular flexibility index (Phi) is 5.67. The molecule has 3 rings (SSSR count). The number of carbonyl (C=O) groups is 1. The lowest BCUT2D eigenvalue weighted by molar-refractivity contribution is -0.154. The maximum absolute atomic E-state index is 12.4. The van der Waals surface area contributed by atoms with E-state index in [2.05, 4.69) is 20.3 Å². The van der Waals surface area contributed by atoms with Crippen molar-refractivity contribution in [3.05, 3.63) is 47.7 Å². The summed E-state index contributed by atoms with van der Waals surface area (Å²) in [6.45, 7) is 0.795. The lowest BCUT2D eigenvalue weighted by atomic mass is 10.2. The number of carbonyl (C=O) groups excluding carboxylic acids is 1. The summed E-state index contributed by atoms with van der Waals surface area (Å²) in [5, 5.41) is 2.64. The molecular formula is C18H17F3N4O3. The molecular weight excluding hydrogens is 377 g/mol. The van der Waals surface area contributed by atoms with Crippen LogP contribution in [0.25, 0.3) is 11.0 Å². The molecule has 0 spiro atoms. The minimum atomic E-state index is -4.47. The van der Waals surface area contributed by atoms with Crippen molar-refractivity contribution >= 4 is 16.9 Å². The van der Waals surface area contributed by atoms with E-state index in [4.69, 9.17) is 9.47 Å². The Labute approximate surface area is 157 Å². The summed E-state index contributed by atoms with van der Waals surface area (Å²) >= 11 is 0. The van der Waals surface area contributed by atoms with Gasteiger partial charge in [-0.3, -0.25) is 4.79 Å². The van der Waals surface area contributed by atoms with Gasteiger partial charge in [-0.15, -0.1) is 0 Å². The molecule has 1 aromatic carbocycles. The van der Waals surface area contributed by atoms with E-state index in [1.54, 1.807) is 24.3 Å². The molecule has 3 aromatic rings. The summed E-state index contributed by atoms with van der Waals surface area (Å²) in [6, 6.07) is 8.32. The number of hydrogen-bond donors (Lipinski definition) is 2. The van der Waals surface area contributed by atoms with Crippen molar-refractivity contribution in [3.8, 4) is 11.9 Å². The Balaban J connectivity index is 1.68. The standard InChI is InChI=1S/C18H17F3N4O3/c1-2-27-17-24-13-6-5-11(8-14(13)25-17)15(26)23-9-12-4-3-7-22-16(12)28-10-18(19,20)21/h3-8H,2,9-10H2,1H3,(H,23,26)(H,24,25). The summed E-state index contributed by atoms with van der Waals surface area (Å²) in [5.74, 6) is -0.578. The molecule has 10 heteroatoms. The van der Waals surface area contributed by atoms with E-state index in [9.17, 15) is 18.0 Å². The van der Waals surface area contributed by atoms with Crippen LogP contribution in [0, 0.1) is 0 Å². The molecule has 0 unspecified atom stereocenters. The molecule has 0 aliphatic rings. The van der Waals surface area contributed by atoms with Crippen molar-refractivity contribution in [2.24, 2.45) is 0 Å². The van der Waals surface area contributed by atoms with Gasteiger partial charge in [-0.1, -0.05) is 6.07 Å². The van der Waals surface area contributed by atoms with Gasteiger partial charge < -0.3 is 19.8 Å². The van der Waals surface area contributed by atoms with Crippen LogP contribution >= 0.6 is 0 Å². The number of benzene rings is 1. The summed E-state index contributed by atoms with van der Waals surface area (Å²) < 4.78 is 47.0. The number of hydrogen-bond acceptors (Lipinski definition) is 5. The molecule has 7 nitrogen and oxygen atoms in total. The summed E-state index contributed by atoms with van der Waals surface area (Å²) in [7, 11) is 0. The number of aromatic amines is 1. The minimum absolute atomic E-state index is 0.0366. The van der Waals surface area contributed by atoms with Crippen LogP contribution in [-0.4, -0.2) is 40.2 Å². The Bertz CT molecular complexity index is 972. The Morgan fingerprint density at radius 3 is 2.82 bits per heavy atom. The summed E-state index contributed by atoms with van der Waals surface area (Å²) in [4.78, 5) is 23.4. The van der Waals surface area contributed by atoms with Crippen molar-refractivity contribution in [2.75, 3.05) is 13.2 Å². The fourth-order valence-electron chi connectivity index (χ4n) is 2.45. The number of aromatic nitrogens is 3. The first-order valence-corrected chi connectivity index (χ1v) is 8.40. The molecule has 0 saturated heterocycles. The molecule has 2 heterocycles. The lowest BCUT2D eigenvalue weighted by Gasteiger charge is -2.12. The number of alkyl halides is 3. The molecule has 2 N–H and O–H groups in total. The highest BCUT2D eigenvalue weighted by atomic mass is 19.4. The molecule has 1 amide bonds. The van der Waals surface area contributed by atoms with Gasteiger partial charge in [0.15, 0.2) is 6.61 Å². The van der Waals surface area contributed by atoms with Gasteiger partial charge in [0.05, 0.1) is 17.6 Å². The van der Waals surface area contributed by atoms with Gasteiger partial charge >= 0.3 is 6.18 Å². The second-order valence-corrected chi connectivity index (χ2v) is 5.76. The second kappa shape index (κ2) is 8.15. The third kappa shape index (κ3) is 4.90. The number of fused-ring (bicyclic) bond motifs is 1. The normalized spacial score (nSPS) is 11.4. The fourth-order valence-corrected chi connectivity index (χ4v) is 2.45. The molecule has 0 radical (unpaired) electrons. The topological polar surface area (TPSA) is 89.1 Å². The van der Waals surface area contributed by atoms with Crippen molar-refractivity contribution in [1.82, 2.24) is 20.3 Å². The van der Waals surface area contributed by atoms with Crippen LogP contribution in [0.3, 0.4) is 0 Å². The Morgan fingerprint density at radius 2 is 2.07 bits per heavy atom. The van der Waals surface area contributed by atoms with Gasteiger partial charge in [-0.05, 0) is 31.2 Å². The highest BCUT2D eigenvalue weighted by Gasteiger charge is 2.29. The zero-order valence-corrected chi connectivity index (χ0v) is 14.8. The average Bonchev–Trinajstić information content (AvgIpc) is 3.06. The number of ether oxygens (including phenoxy) is 2. The number of nitrogens with one attached hydrogen (secondary N) is 2. The van der Waals surface area contributed by atoms with Crippen LogP contribution in [0.15, 0.2) is 36.5 Å². The Morgan fingerprint density at radius 1 is 1.25 bits per heavy atom. The van der Waals surface area contributed by atoms with Gasteiger partial charge in [0.25, 0.3) is 11.9 Å². The predicted octanol–water partition coefficient (Wildman–Crippen LogP) is 3.23. The van der Waals surface area contributed by atoms with Gasteiger partial charge in [-0.2, -0.15) is 18.2 Å². The van der Waals surface area contributed by atoms with E-state index >= 15 is 0 Å². The number of imidazole rings is 1. The predicted molar refractivity (Wildman–Crippen MR) is 94.2 cm³/mol. The van der Waals surface area contributed by atoms with Gasteiger partial charge in [-0.25, -0.2) is 4.98 Å². The maximum Gasteiger partial charge on any atom is 0.422 e. The molecule has 0 bridgehead atoms. The number of amides is 1. The van der Waals surface area contributed by atoms with Crippen molar-refractivity contribution < 1.29 is 27.4 Å². The van der Waals surface area contributed by atoms with E-state index in [1.807, 2.05) is 6.92 Å². The zero-order valence-electron chi connectivity index (χ0n) is 14.8. The second-order valence-electron chi connectivity index (χ2n) is 5.76. The van der Waals surface area contributed by atoms with Crippen molar-refractivity contribution in [3.63, 3.8) is 0 Å². The number of halogens is 3. The van der Waals surface area contributed by atoms with Crippen LogP contribution in [0.2, 0.25) is 0 Å². The number of pyridine rings is 1. The van der Waals surface area contributed by atoms with Gasteiger partial charge in [0, 0.05) is 23.9 Å². The molecule has 0 aliphatic carbocycles. The van der Waals surface area contributed by atoms with Crippen LogP contribution in [0.4, 0.5) is 13.2 Å². The molecule has 0 aliphatic heterocycles. The lowest BCUT2D eigenvalue weighted by Crippen LogP contribution is -2.24. The van der Waals surface area contributed by atoms with Gasteiger partial charge in [0.1, 0.15) is 0 Å². The monoisotopic (exact) mass is 394 g/mol. The first kappa shape index (κ1) is 19.5. The van der Waals surface area contributed by atoms with Crippen LogP contribution < -0.4 is 14.8 Å². The van der Waals surface area contributed by atoms with Crippen LogP contribution in [-0.2, 0) is 6.54 Å².